The third-order valence-corrected chi connectivity index (χ3v) is 3.46. The van der Waals surface area contributed by atoms with Crippen LogP contribution in [-0.2, 0) is 0 Å². The highest BCUT2D eigenvalue weighted by Gasteiger charge is 2.12. The van der Waals surface area contributed by atoms with Gasteiger partial charge in [-0.05, 0) is 55.3 Å². The molecule has 0 aliphatic rings. The minimum absolute atomic E-state index is 0.117. The lowest BCUT2D eigenvalue weighted by Crippen LogP contribution is -2.02. The van der Waals surface area contributed by atoms with Gasteiger partial charge in [0.05, 0.1) is 0 Å². The molecular formula is C18H14ClNO. The van der Waals surface area contributed by atoms with Gasteiger partial charge in [0.2, 0.25) is 5.78 Å². The van der Waals surface area contributed by atoms with Crippen LogP contribution in [0.25, 0.3) is 6.08 Å². The van der Waals surface area contributed by atoms with Crippen molar-refractivity contribution in [3.8, 4) is 6.07 Å². The fourth-order valence-corrected chi connectivity index (χ4v) is 2.10. The molecule has 2 aromatic rings. The number of benzene rings is 2. The first-order chi connectivity index (χ1) is 10.0. The molecule has 0 radical (unpaired) electrons. The van der Waals surface area contributed by atoms with Gasteiger partial charge in [-0.2, -0.15) is 5.26 Å². The van der Waals surface area contributed by atoms with Crippen LogP contribution in [0.1, 0.15) is 27.0 Å². The molecule has 2 nitrogen and oxygen atoms in total. The summed E-state index contributed by atoms with van der Waals surface area (Å²) in [5, 5.41) is 9.83. The van der Waals surface area contributed by atoms with Crippen LogP contribution >= 0.6 is 11.6 Å². The number of carbonyl (C=O) groups excluding carboxylic acids is 1. The third-order valence-electron chi connectivity index (χ3n) is 3.21. The molecule has 0 saturated carbocycles. The zero-order valence-electron chi connectivity index (χ0n) is 11.9. The van der Waals surface area contributed by atoms with E-state index in [4.69, 9.17) is 11.6 Å². The van der Waals surface area contributed by atoms with E-state index in [0.29, 0.717) is 10.6 Å². The molecule has 0 bridgehead atoms. The van der Waals surface area contributed by atoms with Crippen molar-refractivity contribution in [2.45, 2.75) is 13.8 Å². The largest absolute Gasteiger partial charge is 0.288 e. The third kappa shape index (κ3) is 3.59. The summed E-state index contributed by atoms with van der Waals surface area (Å²) in [7, 11) is 0. The van der Waals surface area contributed by atoms with E-state index in [1.54, 1.807) is 30.3 Å². The summed E-state index contributed by atoms with van der Waals surface area (Å²) in [6, 6.07) is 14.5. The predicted molar refractivity (Wildman–Crippen MR) is 85.3 cm³/mol. The van der Waals surface area contributed by atoms with Crippen LogP contribution in [0.5, 0.6) is 0 Å². The van der Waals surface area contributed by atoms with Crippen LogP contribution < -0.4 is 0 Å². The molecule has 0 aliphatic carbocycles. The van der Waals surface area contributed by atoms with Crippen LogP contribution in [0.4, 0.5) is 0 Å². The number of hydrogen-bond donors (Lipinski definition) is 0. The number of nitriles is 1. The maximum Gasteiger partial charge on any atom is 0.203 e. The average Bonchev–Trinajstić information content (AvgIpc) is 2.48. The summed E-state index contributed by atoms with van der Waals surface area (Å²) < 4.78 is 0. The van der Waals surface area contributed by atoms with Crippen LogP contribution in [0.2, 0.25) is 5.02 Å². The first kappa shape index (κ1) is 15.0. The van der Waals surface area contributed by atoms with Gasteiger partial charge in [0.15, 0.2) is 0 Å². The number of carbonyl (C=O) groups is 1. The molecule has 2 aromatic carbocycles. The standard InChI is InChI=1S/C18H14ClNO/c1-12-3-4-13(2)15(9-12)10-16(11-20)18(21)14-5-7-17(19)8-6-14/h3-10H,1-2H3/b16-10+. The molecule has 0 unspecified atom stereocenters. The van der Waals surface area contributed by atoms with Crippen molar-refractivity contribution in [1.29, 1.82) is 5.26 Å². The van der Waals surface area contributed by atoms with Gasteiger partial charge in [-0.1, -0.05) is 35.4 Å². The zero-order valence-corrected chi connectivity index (χ0v) is 12.6. The summed E-state index contributed by atoms with van der Waals surface area (Å²) in [6.45, 7) is 3.93. The van der Waals surface area contributed by atoms with E-state index < -0.39 is 0 Å². The van der Waals surface area contributed by atoms with Crippen molar-refractivity contribution in [2.24, 2.45) is 0 Å². The number of halogens is 1. The topological polar surface area (TPSA) is 40.9 Å². The van der Waals surface area contributed by atoms with Crippen molar-refractivity contribution < 1.29 is 4.79 Å². The molecule has 104 valence electrons. The molecule has 0 atom stereocenters. The Morgan fingerprint density at radius 3 is 2.43 bits per heavy atom. The van der Waals surface area contributed by atoms with Crippen molar-refractivity contribution >= 4 is 23.5 Å². The van der Waals surface area contributed by atoms with E-state index in [1.807, 2.05) is 38.1 Å². The van der Waals surface area contributed by atoms with E-state index in [1.165, 1.54) is 0 Å². The van der Waals surface area contributed by atoms with Gasteiger partial charge in [0.25, 0.3) is 0 Å². The fraction of sp³-hybridized carbons (Fsp3) is 0.111. The molecule has 2 rings (SSSR count). The summed E-state index contributed by atoms with van der Waals surface area (Å²) in [5.74, 6) is -0.296. The molecule has 0 N–H and O–H groups in total. The molecule has 0 fully saturated rings. The van der Waals surface area contributed by atoms with Crippen LogP contribution in [-0.4, -0.2) is 5.78 Å². The molecule has 0 saturated heterocycles. The number of rotatable bonds is 3. The van der Waals surface area contributed by atoms with Crippen molar-refractivity contribution in [1.82, 2.24) is 0 Å². The first-order valence-corrected chi connectivity index (χ1v) is 6.88. The summed E-state index contributed by atoms with van der Waals surface area (Å²) in [6.07, 6.45) is 1.64. The van der Waals surface area contributed by atoms with Gasteiger partial charge in [-0.25, -0.2) is 0 Å². The molecule has 3 heteroatoms. The Balaban J connectivity index is 2.41. The van der Waals surface area contributed by atoms with Gasteiger partial charge in [0, 0.05) is 10.6 Å². The van der Waals surface area contributed by atoms with Gasteiger partial charge < -0.3 is 0 Å². The number of hydrogen-bond acceptors (Lipinski definition) is 2. The highest BCUT2D eigenvalue weighted by molar-refractivity contribution is 6.30. The highest BCUT2D eigenvalue weighted by Crippen LogP contribution is 2.18. The molecule has 0 heterocycles. The quantitative estimate of drug-likeness (QED) is 0.466. The molecule has 0 aromatic heterocycles. The van der Waals surface area contributed by atoms with Crippen molar-refractivity contribution in [3.63, 3.8) is 0 Å². The fourth-order valence-electron chi connectivity index (χ4n) is 1.98. The van der Waals surface area contributed by atoms with Crippen LogP contribution in [0.3, 0.4) is 0 Å². The van der Waals surface area contributed by atoms with E-state index >= 15 is 0 Å². The smallest absolute Gasteiger partial charge is 0.203 e. The SMILES string of the molecule is Cc1ccc(C)c(/C=C(\C#N)C(=O)c2ccc(Cl)cc2)c1. The lowest BCUT2D eigenvalue weighted by atomic mass is 9.99. The second-order valence-corrected chi connectivity index (χ2v) is 5.30. The summed E-state index contributed by atoms with van der Waals surface area (Å²) >= 11 is 5.81. The predicted octanol–water partition coefficient (Wildman–Crippen LogP) is 4.75. The number of nitrogens with zero attached hydrogens (tertiary/aromatic N) is 1. The van der Waals surface area contributed by atoms with E-state index in [9.17, 15) is 10.1 Å². The summed E-state index contributed by atoms with van der Waals surface area (Å²) in [4.78, 5) is 12.4. The number of aryl methyl sites for hydroxylation is 2. The molecular weight excluding hydrogens is 282 g/mol. The molecule has 21 heavy (non-hydrogen) atoms. The van der Waals surface area contributed by atoms with Gasteiger partial charge in [-0.3, -0.25) is 4.79 Å². The van der Waals surface area contributed by atoms with Crippen molar-refractivity contribution in [3.05, 3.63) is 75.3 Å². The zero-order chi connectivity index (χ0) is 15.4. The van der Waals surface area contributed by atoms with Crippen molar-refractivity contribution in [2.75, 3.05) is 0 Å². The number of Topliss-reactive ketones (excluding diaryl/α,β-unsaturated/α-hetero) is 1. The Bertz CT molecular complexity index is 752. The Kier molecular flexibility index (Phi) is 4.57. The van der Waals surface area contributed by atoms with E-state index in [-0.39, 0.29) is 11.4 Å². The lowest BCUT2D eigenvalue weighted by molar-refractivity contribution is 0.104. The average molecular weight is 296 g/mol. The van der Waals surface area contributed by atoms with Crippen LogP contribution in [0, 0.1) is 25.2 Å². The second kappa shape index (κ2) is 6.39. The Morgan fingerprint density at radius 2 is 1.81 bits per heavy atom. The number of ketones is 1. The molecule has 0 aliphatic heterocycles. The van der Waals surface area contributed by atoms with E-state index in [0.717, 1.165) is 16.7 Å². The second-order valence-electron chi connectivity index (χ2n) is 4.87. The van der Waals surface area contributed by atoms with Gasteiger partial charge >= 0.3 is 0 Å². The number of allylic oxidation sites excluding steroid dienone is 1. The Hall–Kier alpha value is -2.37. The molecule has 0 spiro atoms. The highest BCUT2D eigenvalue weighted by atomic mass is 35.5. The summed E-state index contributed by atoms with van der Waals surface area (Å²) in [5.41, 5.74) is 3.57. The Labute approximate surface area is 129 Å². The van der Waals surface area contributed by atoms with E-state index in [2.05, 4.69) is 0 Å². The van der Waals surface area contributed by atoms with Gasteiger partial charge in [-0.15, -0.1) is 0 Å². The maximum absolute atomic E-state index is 12.4. The lowest BCUT2D eigenvalue weighted by Gasteiger charge is -2.04. The monoisotopic (exact) mass is 295 g/mol. The molecule has 0 amide bonds. The maximum atomic E-state index is 12.4. The normalized spacial score (nSPS) is 11.0. The Morgan fingerprint density at radius 1 is 1.14 bits per heavy atom. The van der Waals surface area contributed by atoms with Crippen LogP contribution in [0.15, 0.2) is 48.0 Å². The first-order valence-electron chi connectivity index (χ1n) is 6.50. The minimum atomic E-state index is -0.296. The minimum Gasteiger partial charge on any atom is -0.288 e. The van der Waals surface area contributed by atoms with Gasteiger partial charge in [0.1, 0.15) is 11.6 Å².